The Morgan fingerprint density at radius 1 is 1.47 bits per heavy atom. The van der Waals surface area contributed by atoms with Crippen molar-refractivity contribution in [3.63, 3.8) is 0 Å². The zero-order valence-electron chi connectivity index (χ0n) is 9.47. The molecule has 1 amide bonds. The average molecular weight is 240 g/mol. The molecular weight excluding hydrogens is 226 g/mol. The van der Waals surface area contributed by atoms with Crippen LogP contribution in [0.15, 0.2) is 18.2 Å². The van der Waals surface area contributed by atoms with Crippen LogP contribution in [-0.2, 0) is 4.79 Å². The van der Waals surface area contributed by atoms with Crippen LogP contribution in [0, 0.1) is 17.6 Å². The first-order chi connectivity index (χ1) is 7.93. The average Bonchev–Trinajstić information content (AvgIpc) is 3.08. The van der Waals surface area contributed by atoms with E-state index < -0.39 is 23.1 Å². The van der Waals surface area contributed by atoms with Gasteiger partial charge in [-0.2, -0.15) is 0 Å². The highest BCUT2D eigenvalue weighted by molar-refractivity contribution is 5.98. The zero-order valence-corrected chi connectivity index (χ0v) is 9.47. The van der Waals surface area contributed by atoms with Crippen LogP contribution in [0.1, 0.15) is 19.8 Å². The third kappa shape index (κ3) is 2.29. The normalized spacial score (nSPS) is 18.6. The first-order valence-electron chi connectivity index (χ1n) is 5.47. The van der Waals surface area contributed by atoms with E-state index in [0.29, 0.717) is 0 Å². The highest BCUT2D eigenvalue weighted by atomic mass is 19.2. The molecule has 3 nitrogen and oxygen atoms in total. The summed E-state index contributed by atoms with van der Waals surface area (Å²) in [6, 6.07) is 3.63. The molecule has 1 aromatic carbocycles. The van der Waals surface area contributed by atoms with Gasteiger partial charge in [-0.3, -0.25) is 4.79 Å². The molecule has 5 heteroatoms. The summed E-state index contributed by atoms with van der Waals surface area (Å²) in [4.78, 5) is 11.9. The third-order valence-electron chi connectivity index (χ3n) is 3.11. The third-order valence-corrected chi connectivity index (χ3v) is 3.11. The molecule has 1 aromatic rings. The van der Waals surface area contributed by atoms with Gasteiger partial charge in [0.1, 0.15) is 0 Å². The van der Waals surface area contributed by atoms with Crippen LogP contribution in [0.2, 0.25) is 0 Å². The van der Waals surface area contributed by atoms with Crippen LogP contribution in [0.4, 0.5) is 14.5 Å². The lowest BCUT2D eigenvalue weighted by molar-refractivity contribution is -0.121. The summed E-state index contributed by atoms with van der Waals surface area (Å²) in [5, 5.41) is 2.33. The number of halogens is 2. The topological polar surface area (TPSA) is 55.1 Å². The summed E-state index contributed by atoms with van der Waals surface area (Å²) in [5.41, 5.74) is 4.67. The summed E-state index contributed by atoms with van der Waals surface area (Å²) in [6.07, 6.45) is 1.79. The second-order valence-corrected chi connectivity index (χ2v) is 4.61. The van der Waals surface area contributed by atoms with Crippen LogP contribution >= 0.6 is 0 Å². The summed E-state index contributed by atoms with van der Waals surface area (Å²) >= 11 is 0. The second kappa shape index (κ2) is 4.07. The van der Waals surface area contributed by atoms with Crippen LogP contribution in [0.5, 0.6) is 0 Å². The standard InChI is InChI=1S/C12H14F2N2O/c1-12(15,7-5-6-7)11(17)16-9-4-2-3-8(13)10(9)14/h2-4,7H,5-6,15H2,1H3,(H,16,17). The molecule has 1 fully saturated rings. The van der Waals surface area contributed by atoms with Crippen molar-refractivity contribution in [3.05, 3.63) is 29.8 Å². The fourth-order valence-corrected chi connectivity index (χ4v) is 1.73. The number of hydrogen-bond acceptors (Lipinski definition) is 2. The number of nitrogens with two attached hydrogens (primary N) is 1. The number of nitrogens with one attached hydrogen (secondary N) is 1. The van der Waals surface area contributed by atoms with E-state index in [1.54, 1.807) is 6.92 Å². The number of hydrogen-bond donors (Lipinski definition) is 2. The Labute approximate surface area is 98.0 Å². The van der Waals surface area contributed by atoms with E-state index in [9.17, 15) is 13.6 Å². The lowest BCUT2D eigenvalue weighted by atomic mass is 9.96. The Balaban J connectivity index is 2.15. The summed E-state index contributed by atoms with van der Waals surface area (Å²) in [5.74, 6) is -2.41. The quantitative estimate of drug-likeness (QED) is 0.849. The maximum atomic E-state index is 13.3. The Kier molecular flexibility index (Phi) is 2.87. The van der Waals surface area contributed by atoms with Gasteiger partial charge in [-0.1, -0.05) is 6.07 Å². The SMILES string of the molecule is CC(N)(C(=O)Nc1cccc(F)c1F)C1CC1. The monoisotopic (exact) mass is 240 g/mol. The van der Waals surface area contributed by atoms with Gasteiger partial charge in [0.2, 0.25) is 5.91 Å². The Morgan fingerprint density at radius 2 is 2.12 bits per heavy atom. The predicted octanol–water partition coefficient (Wildman–Crippen LogP) is 2.03. The first kappa shape index (κ1) is 12.0. The Morgan fingerprint density at radius 3 is 2.71 bits per heavy atom. The van der Waals surface area contributed by atoms with Gasteiger partial charge in [0, 0.05) is 0 Å². The molecule has 0 saturated heterocycles. The molecule has 1 aliphatic rings. The highest BCUT2D eigenvalue weighted by Gasteiger charge is 2.44. The minimum Gasteiger partial charge on any atom is -0.322 e. The van der Waals surface area contributed by atoms with Crippen molar-refractivity contribution >= 4 is 11.6 Å². The van der Waals surface area contributed by atoms with Crippen molar-refractivity contribution in [3.8, 4) is 0 Å². The van der Waals surface area contributed by atoms with Gasteiger partial charge in [0.05, 0.1) is 11.2 Å². The van der Waals surface area contributed by atoms with E-state index >= 15 is 0 Å². The summed E-state index contributed by atoms with van der Waals surface area (Å²) in [6.45, 7) is 1.61. The molecule has 17 heavy (non-hydrogen) atoms. The molecule has 0 aliphatic heterocycles. The number of carbonyl (C=O) groups excluding carboxylic acids is 1. The predicted molar refractivity (Wildman–Crippen MR) is 60.3 cm³/mol. The molecule has 1 aliphatic carbocycles. The maximum Gasteiger partial charge on any atom is 0.244 e. The molecule has 1 atom stereocenters. The van der Waals surface area contributed by atoms with Gasteiger partial charge >= 0.3 is 0 Å². The molecule has 1 saturated carbocycles. The van der Waals surface area contributed by atoms with E-state index in [-0.39, 0.29) is 11.6 Å². The number of carbonyl (C=O) groups is 1. The smallest absolute Gasteiger partial charge is 0.244 e. The van der Waals surface area contributed by atoms with Gasteiger partial charge < -0.3 is 11.1 Å². The molecule has 0 radical (unpaired) electrons. The van der Waals surface area contributed by atoms with Crippen LogP contribution in [0.25, 0.3) is 0 Å². The Hall–Kier alpha value is -1.49. The van der Waals surface area contributed by atoms with E-state index in [2.05, 4.69) is 5.32 Å². The number of amides is 1. The summed E-state index contributed by atoms with van der Waals surface area (Å²) < 4.78 is 26.3. The molecule has 1 unspecified atom stereocenters. The van der Waals surface area contributed by atoms with E-state index in [0.717, 1.165) is 18.9 Å². The number of benzene rings is 1. The molecule has 2 rings (SSSR count). The molecule has 0 heterocycles. The maximum absolute atomic E-state index is 13.3. The minimum absolute atomic E-state index is 0.124. The molecular formula is C12H14F2N2O. The van der Waals surface area contributed by atoms with E-state index in [1.165, 1.54) is 12.1 Å². The van der Waals surface area contributed by atoms with Gasteiger partial charge in [0.15, 0.2) is 11.6 Å². The van der Waals surface area contributed by atoms with Crippen molar-refractivity contribution in [1.82, 2.24) is 0 Å². The molecule has 0 spiro atoms. The summed E-state index contributed by atoms with van der Waals surface area (Å²) in [7, 11) is 0. The van der Waals surface area contributed by atoms with Crippen molar-refractivity contribution in [2.24, 2.45) is 11.7 Å². The van der Waals surface area contributed by atoms with E-state index in [1.807, 2.05) is 0 Å². The lowest BCUT2D eigenvalue weighted by Crippen LogP contribution is -2.50. The molecule has 3 N–H and O–H groups in total. The second-order valence-electron chi connectivity index (χ2n) is 4.61. The zero-order chi connectivity index (χ0) is 12.6. The van der Waals surface area contributed by atoms with Gasteiger partial charge in [-0.15, -0.1) is 0 Å². The number of anilines is 1. The van der Waals surface area contributed by atoms with Gasteiger partial charge in [-0.25, -0.2) is 8.78 Å². The highest BCUT2D eigenvalue weighted by Crippen LogP contribution is 2.38. The molecule has 92 valence electrons. The van der Waals surface area contributed by atoms with Crippen molar-refractivity contribution in [2.45, 2.75) is 25.3 Å². The fourth-order valence-electron chi connectivity index (χ4n) is 1.73. The number of rotatable bonds is 3. The van der Waals surface area contributed by atoms with Crippen molar-refractivity contribution < 1.29 is 13.6 Å². The molecule has 0 bridgehead atoms. The van der Waals surface area contributed by atoms with Crippen molar-refractivity contribution in [2.75, 3.05) is 5.32 Å². The molecule has 0 aromatic heterocycles. The van der Waals surface area contributed by atoms with Crippen LogP contribution in [0.3, 0.4) is 0 Å². The largest absolute Gasteiger partial charge is 0.322 e. The minimum atomic E-state index is -1.06. The van der Waals surface area contributed by atoms with Crippen LogP contribution < -0.4 is 11.1 Å². The lowest BCUT2D eigenvalue weighted by Gasteiger charge is -2.23. The van der Waals surface area contributed by atoms with E-state index in [4.69, 9.17) is 5.73 Å². The van der Waals surface area contributed by atoms with Gasteiger partial charge in [-0.05, 0) is 37.8 Å². The fraction of sp³-hybridized carbons (Fsp3) is 0.417. The van der Waals surface area contributed by atoms with Gasteiger partial charge in [0.25, 0.3) is 0 Å². The van der Waals surface area contributed by atoms with Crippen LogP contribution in [-0.4, -0.2) is 11.4 Å². The first-order valence-corrected chi connectivity index (χ1v) is 5.47. The van der Waals surface area contributed by atoms with Crippen molar-refractivity contribution in [1.29, 1.82) is 0 Å². The Bertz CT molecular complexity index is 456.